The maximum atomic E-state index is 3.57. The maximum absolute atomic E-state index is 3.57. The first kappa shape index (κ1) is 15.3. The van der Waals surface area contributed by atoms with Crippen LogP contribution in [0.25, 0.3) is 0 Å². The second-order valence-electron chi connectivity index (χ2n) is 4.00. The molecule has 0 unspecified atom stereocenters. The van der Waals surface area contributed by atoms with Crippen LogP contribution in [0.1, 0.15) is 12.5 Å². The zero-order valence-electron chi connectivity index (χ0n) is 8.55. The Morgan fingerprint density at radius 1 is 1.21 bits per heavy atom. The normalized spacial score (nSPS) is 10.9. The van der Waals surface area contributed by atoms with Crippen LogP contribution in [0.15, 0.2) is 28.7 Å². The number of nitrogens with zero attached hydrogens (tertiary/aromatic N) is 1. The summed E-state index contributed by atoms with van der Waals surface area (Å²) in [6.45, 7) is 4.45. The van der Waals surface area contributed by atoms with Crippen LogP contribution in [-0.4, -0.2) is 76.5 Å². The fourth-order valence-corrected chi connectivity index (χ4v) is 1.61. The molecule has 0 radical (unpaired) electrons. The summed E-state index contributed by atoms with van der Waals surface area (Å²) in [5, 5.41) is 0. The molecule has 0 aliphatic heterocycles. The molecule has 0 saturated heterocycles. The fourth-order valence-electron chi connectivity index (χ4n) is 1.20. The molecule has 74 valence electrons. The number of quaternary nitrogens is 1. The van der Waals surface area contributed by atoms with Gasteiger partial charge in [0, 0.05) is 10.0 Å². The summed E-state index contributed by atoms with van der Waals surface area (Å²) in [5.41, 5.74) is 1.38. The summed E-state index contributed by atoms with van der Waals surface area (Å²) in [7, 11) is 4.50. The molecular weight excluding hydrogens is 265 g/mol. The zero-order valence-corrected chi connectivity index (χ0v) is 10.1. The van der Waals surface area contributed by atoms with E-state index in [4.69, 9.17) is 0 Å². The summed E-state index contributed by atoms with van der Waals surface area (Å²) in [5.74, 6) is 0. The van der Waals surface area contributed by atoms with Gasteiger partial charge in [-0.3, -0.25) is 0 Å². The summed E-state index contributed by atoms with van der Waals surface area (Å²) in [4.78, 5) is 0. The Balaban J connectivity index is 0.00000169. The van der Waals surface area contributed by atoms with E-state index in [2.05, 4.69) is 61.2 Å². The molecule has 0 fully saturated rings. The Labute approximate surface area is 138 Å². The summed E-state index contributed by atoms with van der Waals surface area (Å²) in [6.07, 6.45) is 0. The van der Waals surface area contributed by atoms with Crippen molar-refractivity contribution >= 4 is 67.3 Å². The molecule has 0 spiro atoms. The summed E-state index contributed by atoms with van der Waals surface area (Å²) < 4.78 is 2.25. The molecule has 1 rings (SSSR count). The Hall–Kier alpha value is 1.30. The van der Waals surface area contributed by atoms with Crippen molar-refractivity contribution < 1.29 is 4.48 Å². The number of hydrogen-bond donors (Lipinski definition) is 0. The molecule has 1 nitrogen and oxygen atoms in total. The van der Waals surface area contributed by atoms with Gasteiger partial charge in [0.05, 0.1) is 20.6 Å². The Morgan fingerprint density at radius 3 is 2.29 bits per heavy atom. The van der Waals surface area contributed by atoms with Gasteiger partial charge >= 0.3 is 51.4 Å². The van der Waals surface area contributed by atoms with Crippen LogP contribution in [0.4, 0.5) is 0 Å². The predicted molar refractivity (Wildman–Crippen MR) is 67.6 cm³/mol. The first-order valence-corrected chi connectivity index (χ1v) is 5.40. The number of benzene rings is 1. The van der Waals surface area contributed by atoms with Crippen LogP contribution in [0.2, 0.25) is 0 Å². The molecule has 14 heavy (non-hydrogen) atoms. The molecule has 0 saturated carbocycles. The van der Waals surface area contributed by atoms with Crippen LogP contribution in [-0.2, 0) is 6.54 Å². The molecule has 1 aromatic rings. The van der Waals surface area contributed by atoms with Gasteiger partial charge in [-0.15, -0.1) is 0 Å². The predicted octanol–water partition coefficient (Wildman–Crippen LogP) is 2.40. The van der Waals surface area contributed by atoms with E-state index in [1.807, 2.05) is 0 Å². The zero-order chi connectivity index (χ0) is 9.90. The van der Waals surface area contributed by atoms with Crippen molar-refractivity contribution in [1.82, 2.24) is 0 Å². The molecule has 0 heterocycles. The van der Waals surface area contributed by atoms with Crippen molar-refractivity contribution in [2.75, 3.05) is 20.6 Å². The molecule has 0 bridgehead atoms. The summed E-state index contributed by atoms with van der Waals surface area (Å²) >= 11 is 3.57. The van der Waals surface area contributed by atoms with Crippen LogP contribution in [0.5, 0.6) is 0 Å². The minimum atomic E-state index is 0. The van der Waals surface area contributed by atoms with E-state index in [1.54, 1.807) is 0 Å². The van der Waals surface area contributed by atoms with Crippen LogP contribution in [0, 0.1) is 0 Å². The van der Waals surface area contributed by atoms with Gasteiger partial charge in [0.2, 0.25) is 0 Å². The van der Waals surface area contributed by atoms with Crippen molar-refractivity contribution in [3.63, 3.8) is 0 Å². The summed E-state index contributed by atoms with van der Waals surface area (Å²) in [6, 6.07) is 8.43. The fraction of sp³-hybridized carbons (Fsp3) is 0.455. The van der Waals surface area contributed by atoms with Gasteiger partial charge in [0.1, 0.15) is 6.54 Å². The van der Waals surface area contributed by atoms with Crippen molar-refractivity contribution in [2.24, 2.45) is 0 Å². The van der Waals surface area contributed by atoms with Gasteiger partial charge in [0.15, 0.2) is 0 Å². The first-order valence-electron chi connectivity index (χ1n) is 4.60. The molecule has 1 aromatic carbocycles. The van der Waals surface area contributed by atoms with E-state index in [1.165, 1.54) is 10.0 Å². The molecule has 0 aliphatic carbocycles. The van der Waals surface area contributed by atoms with Crippen LogP contribution >= 0.6 is 15.9 Å². The number of halogens is 1. The third-order valence-corrected chi connectivity index (χ3v) is 3.19. The monoisotopic (exact) mass is 282 g/mol. The minimum absolute atomic E-state index is 0. The Kier molecular flexibility index (Phi) is 7.42. The number of rotatable bonds is 3. The van der Waals surface area contributed by atoms with Crippen molar-refractivity contribution in [3.8, 4) is 0 Å². The third kappa shape index (κ3) is 4.88. The second-order valence-corrected chi connectivity index (χ2v) is 4.86. The van der Waals surface area contributed by atoms with Crippen molar-refractivity contribution in [2.45, 2.75) is 13.5 Å². The third-order valence-electron chi connectivity index (χ3n) is 2.41. The molecule has 0 N–H and O–H groups in total. The van der Waals surface area contributed by atoms with Gasteiger partial charge in [-0.1, -0.05) is 34.1 Å². The molecule has 0 aromatic heterocycles. The molecule has 0 atom stereocenters. The van der Waals surface area contributed by atoms with E-state index >= 15 is 0 Å². The average molecular weight is 283 g/mol. The van der Waals surface area contributed by atoms with Crippen molar-refractivity contribution in [3.05, 3.63) is 34.3 Å². The van der Waals surface area contributed by atoms with Crippen LogP contribution in [0.3, 0.4) is 0 Å². The molecular formula is C11H18BrKN+. The quantitative estimate of drug-likeness (QED) is 0.590. The Morgan fingerprint density at radius 2 is 1.79 bits per heavy atom. The van der Waals surface area contributed by atoms with E-state index < -0.39 is 0 Å². The van der Waals surface area contributed by atoms with Gasteiger partial charge in [-0.25, -0.2) is 0 Å². The van der Waals surface area contributed by atoms with E-state index in [-0.39, 0.29) is 51.4 Å². The van der Waals surface area contributed by atoms with Crippen molar-refractivity contribution in [1.29, 1.82) is 0 Å². The first-order chi connectivity index (χ1) is 6.05. The van der Waals surface area contributed by atoms with Crippen LogP contribution < -0.4 is 0 Å². The standard InChI is InChI=1S/C11H17BrN.K.H/c1-4-13(2,3)9-10-7-5-6-8-11(10)12;;/h5-8H,4,9H2,1-3H3;;/q+1;;. The average Bonchev–Trinajstić information content (AvgIpc) is 2.09. The second kappa shape index (κ2) is 6.79. The Bertz CT molecular complexity index is 286. The SMILES string of the molecule is CC[N+](C)(C)Cc1ccccc1Br.[KH]. The molecule has 0 amide bonds. The van der Waals surface area contributed by atoms with Gasteiger partial charge in [-0.2, -0.15) is 0 Å². The topological polar surface area (TPSA) is 0 Å². The van der Waals surface area contributed by atoms with E-state index in [0.29, 0.717) is 0 Å². The van der Waals surface area contributed by atoms with Gasteiger partial charge in [-0.05, 0) is 13.0 Å². The van der Waals surface area contributed by atoms with Gasteiger partial charge < -0.3 is 4.48 Å². The molecule has 0 aliphatic rings. The number of hydrogen-bond acceptors (Lipinski definition) is 0. The van der Waals surface area contributed by atoms with E-state index in [9.17, 15) is 0 Å². The van der Waals surface area contributed by atoms with E-state index in [0.717, 1.165) is 17.6 Å². The molecule has 3 heteroatoms. The van der Waals surface area contributed by atoms with Gasteiger partial charge in [0.25, 0.3) is 0 Å².